The minimum absolute atomic E-state index is 0.162. The summed E-state index contributed by atoms with van der Waals surface area (Å²) in [6.45, 7) is 0.473. The Labute approximate surface area is 118 Å². The summed E-state index contributed by atoms with van der Waals surface area (Å²) >= 11 is 0. The molecule has 0 saturated heterocycles. The van der Waals surface area contributed by atoms with Gasteiger partial charge in [-0.2, -0.15) is 0 Å². The molecule has 5 heteroatoms. The normalized spacial score (nSPS) is 23.2. The molecule has 3 atom stereocenters. The molecule has 0 radical (unpaired) electrons. The van der Waals surface area contributed by atoms with Gasteiger partial charge in [-0.3, -0.25) is 4.79 Å². The van der Waals surface area contributed by atoms with Crippen molar-refractivity contribution in [3.05, 3.63) is 35.9 Å². The quantitative estimate of drug-likeness (QED) is 0.756. The molecule has 0 aromatic heterocycles. The third kappa shape index (κ3) is 3.17. The van der Waals surface area contributed by atoms with Crippen LogP contribution in [-0.4, -0.2) is 23.5 Å². The second kappa shape index (κ2) is 6.52. The molecule has 1 saturated carbocycles. The predicted octanol–water partition coefficient (Wildman–Crippen LogP) is 1.30. The summed E-state index contributed by atoms with van der Waals surface area (Å²) in [4.78, 5) is 23.6. The zero-order chi connectivity index (χ0) is 14.5. The Hall–Kier alpha value is -1.88. The third-order valence-electron chi connectivity index (χ3n) is 3.97. The Morgan fingerprint density at radius 3 is 2.60 bits per heavy atom. The standard InChI is InChI=1S/C15H20N2O3/c16-9-11-7-4-8-12(11)14(18)17-13(15(19)20)10-5-2-1-3-6-10/h1-3,5-6,11-13H,4,7-9,16H2,(H,17,18)(H,19,20)/t11?,12?,13-/m1/s1. The fraction of sp³-hybridized carbons (Fsp3) is 0.467. The number of hydrogen-bond acceptors (Lipinski definition) is 3. The maximum absolute atomic E-state index is 12.3. The van der Waals surface area contributed by atoms with Gasteiger partial charge in [0.15, 0.2) is 6.04 Å². The van der Waals surface area contributed by atoms with Crippen LogP contribution in [0.2, 0.25) is 0 Å². The Morgan fingerprint density at radius 1 is 1.30 bits per heavy atom. The van der Waals surface area contributed by atoms with Gasteiger partial charge < -0.3 is 16.2 Å². The van der Waals surface area contributed by atoms with Crippen molar-refractivity contribution in [2.45, 2.75) is 25.3 Å². The first kappa shape index (κ1) is 14.5. The molecular weight excluding hydrogens is 256 g/mol. The van der Waals surface area contributed by atoms with Crippen molar-refractivity contribution in [1.29, 1.82) is 0 Å². The van der Waals surface area contributed by atoms with Crippen LogP contribution >= 0.6 is 0 Å². The summed E-state index contributed by atoms with van der Waals surface area (Å²) in [5.41, 5.74) is 6.25. The van der Waals surface area contributed by atoms with Crippen molar-refractivity contribution >= 4 is 11.9 Å². The number of hydrogen-bond donors (Lipinski definition) is 3. The number of carbonyl (C=O) groups is 2. The molecule has 0 aliphatic heterocycles. The van der Waals surface area contributed by atoms with E-state index in [4.69, 9.17) is 5.73 Å². The largest absolute Gasteiger partial charge is 0.479 e. The van der Waals surface area contributed by atoms with Crippen molar-refractivity contribution in [2.75, 3.05) is 6.54 Å². The van der Waals surface area contributed by atoms with E-state index in [0.29, 0.717) is 12.1 Å². The van der Waals surface area contributed by atoms with Gasteiger partial charge in [-0.05, 0) is 30.9 Å². The van der Waals surface area contributed by atoms with E-state index in [1.807, 2.05) is 6.07 Å². The Bertz CT molecular complexity index is 475. The fourth-order valence-electron chi connectivity index (χ4n) is 2.85. The van der Waals surface area contributed by atoms with E-state index in [1.165, 1.54) is 0 Å². The smallest absolute Gasteiger partial charge is 0.330 e. The van der Waals surface area contributed by atoms with Crippen LogP contribution in [0.3, 0.4) is 0 Å². The molecule has 20 heavy (non-hydrogen) atoms. The SMILES string of the molecule is NCC1CCCC1C(=O)N[C@@H](C(=O)O)c1ccccc1. The zero-order valence-electron chi connectivity index (χ0n) is 11.3. The molecule has 4 N–H and O–H groups in total. The number of aliphatic carboxylic acids is 1. The second-order valence-corrected chi connectivity index (χ2v) is 5.22. The third-order valence-corrected chi connectivity index (χ3v) is 3.97. The molecule has 5 nitrogen and oxygen atoms in total. The van der Waals surface area contributed by atoms with Gasteiger partial charge in [0, 0.05) is 5.92 Å². The number of carboxylic acids is 1. The first-order valence-corrected chi connectivity index (χ1v) is 6.91. The molecule has 108 valence electrons. The highest BCUT2D eigenvalue weighted by molar-refractivity contribution is 5.86. The van der Waals surface area contributed by atoms with Crippen molar-refractivity contribution < 1.29 is 14.7 Å². The molecule has 2 unspecified atom stereocenters. The predicted molar refractivity (Wildman–Crippen MR) is 74.8 cm³/mol. The summed E-state index contributed by atoms with van der Waals surface area (Å²) in [7, 11) is 0. The minimum Gasteiger partial charge on any atom is -0.479 e. The van der Waals surface area contributed by atoms with Crippen molar-refractivity contribution in [3.8, 4) is 0 Å². The maximum atomic E-state index is 12.3. The number of amides is 1. The van der Waals surface area contributed by atoms with Gasteiger partial charge in [-0.15, -0.1) is 0 Å². The molecule has 0 heterocycles. The van der Waals surface area contributed by atoms with E-state index >= 15 is 0 Å². The highest BCUT2D eigenvalue weighted by Gasteiger charge is 2.34. The van der Waals surface area contributed by atoms with Crippen LogP contribution in [0.5, 0.6) is 0 Å². The van der Waals surface area contributed by atoms with Crippen molar-refractivity contribution in [2.24, 2.45) is 17.6 Å². The summed E-state index contributed by atoms with van der Waals surface area (Å²) in [5.74, 6) is -1.24. The second-order valence-electron chi connectivity index (χ2n) is 5.22. The Morgan fingerprint density at radius 2 is 2.00 bits per heavy atom. The van der Waals surface area contributed by atoms with E-state index in [0.717, 1.165) is 19.3 Å². The van der Waals surface area contributed by atoms with E-state index in [9.17, 15) is 14.7 Å². The lowest BCUT2D eigenvalue weighted by molar-refractivity contribution is -0.142. The van der Waals surface area contributed by atoms with E-state index in [2.05, 4.69) is 5.32 Å². The maximum Gasteiger partial charge on any atom is 0.330 e. The van der Waals surface area contributed by atoms with Crippen molar-refractivity contribution in [3.63, 3.8) is 0 Å². The minimum atomic E-state index is -1.05. The molecular formula is C15H20N2O3. The van der Waals surface area contributed by atoms with E-state index in [-0.39, 0.29) is 17.7 Å². The molecule has 1 aliphatic carbocycles. The molecule has 1 amide bonds. The van der Waals surface area contributed by atoms with Crippen LogP contribution in [0, 0.1) is 11.8 Å². The summed E-state index contributed by atoms with van der Waals surface area (Å²) in [6, 6.07) is 7.74. The number of nitrogens with two attached hydrogens (primary N) is 1. The lowest BCUT2D eigenvalue weighted by Gasteiger charge is -2.21. The summed E-state index contributed by atoms with van der Waals surface area (Å²) in [6.07, 6.45) is 2.70. The molecule has 0 bridgehead atoms. The molecule has 1 fully saturated rings. The first-order chi connectivity index (χ1) is 9.63. The molecule has 2 rings (SSSR count). The molecule has 1 aromatic carbocycles. The van der Waals surface area contributed by atoms with Gasteiger partial charge in [-0.1, -0.05) is 36.8 Å². The van der Waals surface area contributed by atoms with Crippen molar-refractivity contribution in [1.82, 2.24) is 5.32 Å². The lowest BCUT2D eigenvalue weighted by atomic mass is 9.94. The summed E-state index contributed by atoms with van der Waals surface area (Å²) < 4.78 is 0. The van der Waals surface area contributed by atoms with E-state index in [1.54, 1.807) is 24.3 Å². The van der Waals surface area contributed by atoms with Crippen LogP contribution in [0.15, 0.2) is 30.3 Å². The van der Waals surface area contributed by atoms with Gasteiger partial charge in [0.1, 0.15) is 0 Å². The van der Waals surface area contributed by atoms with Gasteiger partial charge in [-0.25, -0.2) is 4.79 Å². The highest BCUT2D eigenvalue weighted by atomic mass is 16.4. The molecule has 1 aliphatic rings. The Balaban J connectivity index is 2.09. The zero-order valence-corrected chi connectivity index (χ0v) is 11.3. The fourth-order valence-corrected chi connectivity index (χ4v) is 2.85. The number of nitrogens with one attached hydrogen (secondary N) is 1. The molecule has 0 spiro atoms. The number of carbonyl (C=O) groups excluding carboxylic acids is 1. The van der Waals surface area contributed by atoms with Crippen LogP contribution in [-0.2, 0) is 9.59 Å². The van der Waals surface area contributed by atoms with E-state index < -0.39 is 12.0 Å². The van der Waals surface area contributed by atoms with Crippen LogP contribution in [0.1, 0.15) is 30.9 Å². The number of benzene rings is 1. The first-order valence-electron chi connectivity index (χ1n) is 6.91. The number of carboxylic acid groups (broad SMARTS) is 1. The monoisotopic (exact) mass is 276 g/mol. The molecule has 1 aromatic rings. The van der Waals surface area contributed by atoms with Gasteiger partial charge in [0.2, 0.25) is 5.91 Å². The average Bonchev–Trinajstić information content (AvgIpc) is 2.93. The lowest BCUT2D eigenvalue weighted by Crippen LogP contribution is -2.40. The average molecular weight is 276 g/mol. The van der Waals surface area contributed by atoms with Gasteiger partial charge in [0.25, 0.3) is 0 Å². The summed E-state index contributed by atoms with van der Waals surface area (Å²) in [5, 5.41) is 11.9. The highest BCUT2D eigenvalue weighted by Crippen LogP contribution is 2.31. The van der Waals surface area contributed by atoms with Crippen LogP contribution in [0.4, 0.5) is 0 Å². The van der Waals surface area contributed by atoms with Gasteiger partial charge in [0.05, 0.1) is 0 Å². The van der Waals surface area contributed by atoms with Crippen LogP contribution in [0.25, 0.3) is 0 Å². The topological polar surface area (TPSA) is 92.4 Å². The van der Waals surface area contributed by atoms with Crippen LogP contribution < -0.4 is 11.1 Å². The Kier molecular flexibility index (Phi) is 4.74. The number of rotatable bonds is 5. The van der Waals surface area contributed by atoms with Gasteiger partial charge >= 0.3 is 5.97 Å².